The number of aliphatic hydroxyl groups is 1. The lowest BCUT2D eigenvalue weighted by atomic mass is 9.63. The van der Waals surface area contributed by atoms with Gasteiger partial charge in [-0.05, 0) is 24.6 Å². The molecule has 17 heavy (non-hydrogen) atoms. The van der Waals surface area contributed by atoms with Gasteiger partial charge in [-0.15, -0.1) is 0 Å². The second-order valence-corrected chi connectivity index (χ2v) is 5.71. The largest absolute Gasteiger partial charge is 0.487 e. The van der Waals surface area contributed by atoms with Crippen LogP contribution in [0.4, 0.5) is 4.39 Å². The van der Waals surface area contributed by atoms with Gasteiger partial charge in [0.05, 0.1) is 6.10 Å². The smallest absolute Gasteiger partial charge is 0.165 e. The van der Waals surface area contributed by atoms with E-state index in [2.05, 4.69) is 15.9 Å². The molecule has 0 spiro atoms. The van der Waals surface area contributed by atoms with Gasteiger partial charge in [0, 0.05) is 16.3 Å². The van der Waals surface area contributed by atoms with Crippen LogP contribution in [0.2, 0.25) is 0 Å². The predicted molar refractivity (Wildman–Crippen MR) is 67.5 cm³/mol. The molecule has 4 heteroatoms. The average molecular weight is 303 g/mol. The molecule has 1 fully saturated rings. The third kappa shape index (κ3) is 2.20. The molecule has 0 saturated heterocycles. The zero-order chi connectivity index (χ0) is 12.6. The Bertz CT molecular complexity index is 424. The zero-order valence-corrected chi connectivity index (χ0v) is 11.5. The van der Waals surface area contributed by atoms with Crippen LogP contribution in [0.15, 0.2) is 22.7 Å². The number of aliphatic hydroxyl groups excluding tert-OH is 1. The summed E-state index contributed by atoms with van der Waals surface area (Å²) in [6, 6.07) is 4.63. The van der Waals surface area contributed by atoms with Gasteiger partial charge in [0.25, 0.3) is 0 Å². The monoisotopic (exact) mass is 302 g/mol. The van der Waals surface area contributed by atoms with Crippen LogP contribution >= 0.6 is 15.9 Å². The van der Waals surface area contributed by atoms with E-state index in [1.54, 1.807) is 12.1 Å². The predicted octanol–water partition coefficient (Wildman–Crippen LogP) is 3.52. The summed E-state index contributed by atoms with van der Waals surface area (Å²) in [5, 5.41) is 9.76. The van der Waals surface area contributed by atoms with Crippen molar-refractivity contribution in [1.82, 2.24) is 0 Å². The van der Waals surface area contributed by atoms with Gasteiger partial charge < -0.3 is 9.84 Å². The number of rotatable bonds is 3. The highest BCUT2D eigenvalue weighted by molar-refractivity contribution is 9.10. The van der Waals surface area contributed by atoms with Crippen LogP contribution in [0.3, 0.4) is 0 Å². The van der Waals surface area contributed by atoms with E-state index in [1.165, 1.54) is 6.07 Å². The van der Waals surface area contributed by atoms with Crippen LogP contribution < -0.4 is 4.74 Å². The van der Waals surface area contributed by atoms with Gasteiger partial charge in [-0.25, -0.2) is 4.39 Å². The molecule has 0 radical (unpaired) electrons. The van der Waals surface area contributed by atoms with Crippen molar-refractivity contribution in [2.45, 2.75) is 38.9 Å². The molecule has 0 bridgehead atoms. The third-order valence-electron chi connectivity index (χ3n) is 3.86. The maximum atomic E-state index is 13.5. The summed E-state index contributed by atoms with van der Waals surface area (Å²) in [7, 11) is 0. The van der Waals surface area contributed by atoms with Crippen molar-refractivity contribution < 1.29 is 14.2 Å². The summed E-state index contributed by atoms with van der Waals surface area (Å²) in [5.74, 6) is -0.121. The Hall–Kier alpha value is -0.610. The molecule has 1 aromatic carbocycles. The first kappa shape index (κ1) is 12.8. The molecule has 0 aliphatic heterocycles. The first-order valence-corrected chi connectivity index (χ1v) is 6.56. The van der Waals surface area contributed by atoms with Gasteiger partial charge in [0.2, 0.25) is 0 Å². The van der Waals surface area contributed by atoms with Gasteiger partial charge in [-0.2, -0.15) is 0 Å². The fourth-order valence-corrected chi connectivity index (χ4v) is 2.50. The third-order valence-corrected chi connectivity index (χ3v) is 4.35. The van der Waals surface area contributed by atoms with Crippen molar-refractivity contribution in [3.05, 3.63) is 28.5 Å². The van der Waals surface area contributed by atoms with E-state index in [4.69, 9.17) is 4.74 Å². The Morgan fingerprint density at radius 2 is 2.29 bits per heavy atom. The Kier molecular flexibility index (Phi) is 3.46. The van der Waals surface area contributed by atoms with Crippen LogP contribution in [-0.4, -0.2) is 17.3 Å². The van der Waals surface area contributed by atoms with Crippen LogP contribution in [-0.2, 0) is 0 Å². The fraction of sp³-hybridized carbons (Fsp3) is 0.538. The van der Waals surface area contributed by atoms with E-state index in [1.807, 2.05) is 13.8 Å². The Labute approximate surface area is 109 Å². The second-order valence-electron chi connectivity index (χ2n) is 4.79. The lowest BCUT2D eigenvalue weighted by Gasteiger charge is -2.50. The van der Waals surface area contributed by atoms with E-state index in [0.717, 1.165) is 10.9 Å². The number of halogens is 2. The first-order valence-electron chi connectivity index (χ1n) is 5.77. The molecule has 0 amide bonds. The molecule has 2 rings (SSSR count). The van der Waals surface area contributed by atoms with Crippen LogP contribution in [0, 0.1) is 11.2 Å². The summed E-state index contributed by atoms with van der Waals surface area (Å²) in [6.45, 7) is 3.98. The zero-order valence-electron chi connectivity index (χ0n) is 9.91. The molecule has 1 N–H and O–H groups in total. The summed E-state index contributed by atoms with van der Waals surface area (Å²) < 4.78 is 20.0. The normalized spacial score (nSPS) is 32.1. The van der Waals surface area contributed by atoms with Crippen molar-refractivity contribution in [3.8, 4) is 5.75 Å². The van der Waals surface area contributed by atoms with Crippen molar-refractivity contribution in [2.75, 3.05) is 0 Å². The molecule has 3 atom stereocenters. The van der Waals surface area contributed by atoms with Crippen molar-refractivity contribution >= 4 is 15.9 Å². The van der Waals surface area contributed by atoms with Gasteiger partial charge in [0.15, 0.2) is 11.6 Å². The van der Waals surface area contributed by atoms with Gasteiger partial charge >= 0.3 is 0 Å². The minimum Gasteiger partial charge on any atom is -0.487 e. The van der Waals surface area contributed by atoms with Crippen molar-refractivity contribution in [3.63, 3.8) is 0 Å². The molecule has 0 aromatic heterocycles. The topological polar surface area (TPSA) is 29.5 Å². The standard InChI is InChI=1S/C13H16BrFO2/c1-3-13(2)11(16)7-12(13)17-10-6-8(14)4-5-9(10)15/h4-6,11-12,16H,3,7H2,1-2H3. The molecule has 94 valence electrons. The average Bonchev–Trinajstić information content (AvgIpc) is 2.32. The first-order chi connectivity index (χ1) is 7.97. The Morgan fingerprint density at radius 3 is 2.88 bits per heavy atom. The molecule has 1 aromatic rings. The molecule has 1 saturated carbocycles. The SMILES string of the molecule is CCC1(C)C(O)CC1Oc1cc(Br)ccc1F. The van der Waals surface area contributed by atoms with Crippen LogP contribution in [0.25, 0.3) is 0 Å². The summed E-state index contributed by atoms with van der Waals surface area (Å²) >= 11 is 3.29. The molecule has 2 nitrogen and oxygen atoms in total. The number of benzene rings is 1. The van der Waals surface area contributed by atoms with Gasteiger partial charge in [-0.3, -0.25) is 0 Å². The second kappa shape index (κ2) is 4.58. The van der Waals surface area contributed by atoms with Crippen molar-refractivity contribution in [2.24, 2.45) is 5.41 Å². The number of hydrogen-bond donors (Lipinski definition) is 1. The molecule has 3 unspecified atom stereocenters. The van der Waals surface area contributed by atoms with Crippen LogP contribution in [0.1, 0.15) is 26.7 Å². The molecular weight excluding hydrogens is 287 g/mol. The van der Waals surface area contributed by atoms with Crippen molar-refractivity contribution in [1.29, 1.82) is 0 Å². The molecular formula is C13H16BrFO2. The lowest BCUT2D eigenvalue weighted by Crippen LogP contribution is -2.57. The van der Waals surface area contributed by atoms with E-state index >= 15 is 0 Å². The maximum absolute atomic E-state index is 13.5. The summed E-state index contributed by atoms with van der Waals surface area (Å²) in [6.07, 6.45) is 0.907. The number of hydrogen-bond acceptors (Lipinski definition) is 2. The number of ether oxygens (including phenoxy) is 1. The molecule has 1 aliphatic rings. The van der Waals surface area contributed by atoms with Gasteiger partial charge in [-0.1, -0.05) is 29.8 Å². The fourth-order valence-electron chi connectivity index (χ4n) is 2.16. The minimum atomic E-state index is -0.368. The summed E-state index contributed by atoms with van der Waals surface area (Å²) in [5.41, 5.74) is -0.269. The minimum absolute atomic E-state index is 0.119. The summed E-state index contributed by atoms with van der Waals surface area (Å²) in [4.78, 5) is 0. The lowest BCUT2D eigenvalue weighted by molar-refractivity contribution is -0.147. The van der Waals surface area contributed by atoms with E-state index in [0.29, 0.717) is 6.42 Å². The van der Waals surface area contributed by atoms with E-state index in [9.17, 15) is 9.50 Å². The van der Waals surface area contributed by atoms with E-state index in [-0.39, 0.29) is 29.2 Å². The highest BCUT2D eigenvalue weighted by Crippen LogP contribution is 2.46. The highest BCUT2D eigenvalue weighted by atomic mass is 79.9. The Balaban J connectivity index is 2.14. The Morgan fingerprint density at radius 1 is 1.59 bits per heavy atom. The van der Waals surface area contributed by atoms with E-state index < -0.39 is 0 Å². The quantitative estimate of drug-likeness (QED) is 0.926. The maximum Gasteiger partial charge on any atom is 0.165 e. The highest BCUT2D eigenvalue weighted by Gasteiger charge is 2.51. The van der Waals surface area contributed by atoms with Crippen LogP contribution in [0.5, 0.6) is 5.75 Å². The van der Waals surface area contributed by atoms with Gasteiger partial charge in [0.1, 0.15) is 6.10 Å². The molecule has 1 aliphatic carbocycles. The molecule has 0 heterocycles.